The van der Waals surface area contributed by atoms with E-state index in [9.17, 15) is 4.39 Å². The number of hydrogen-bond acceptors (Lipinski definition) is 5. The molecule has 0 atom stereocenters. The van der Waals surface area contributed by atoms with Crippen LogP contribution in [0.15, 0.2) is 12.1 Å². The quantitative estimate of drug-likeness (QED) is 0.778. The first-order valence-electron chi connectivity index (χ1n) is 6.47. The van der Waals surface area contributed by atoms with Gasteiger partial charge in [0, 0.05) is 31.9 Å². The first-order valence-corrected chi connectivity index (χ1v) is 6.47. The Bertz CT molecular complexity index is 463. The van der Waals surface area contributed by atoms with E-state index in [0.717, 1.165) is 19.3 Å². The third-order valence-electron chi connectivity index (χ3n) is 3.45. The molecule has 0 amide bonds. The number of rotatable bonds is 7. The van der Waals surface area contributed by atoms with Crippen LogP contribution in [0.4, 0.5) is 4.39 Å². The molecule has 20 heavy (non-hydrogen) atoms. The molecule has 1 fully saturated rings. The number of halogens is 1. The average molecular weight is 285 g/mol. The molecule has 0 bridgehead atoms. The molecule has 6 heteroatoms. The van der Waals surface area contributed by atoms with Crippen molar-refractivity contribution in [3.63, 3.8) is 0 Å². The van der Waals surface area contributed by atoms with Crippen LogP contribution >= 0.6 is 0 Å². The van der Waals surface area contributed by atoms with E-state index in [1.165, 1.54) is 20.3 Å². The van der Waals surface area contributed by atoms with E-state index in [4.69, 9.17) is 24.7 Å². The average Bonchev–Trinajstić information content (AvgIpc) is 2.40. The van der Waals surface area contributed by atoms with Gasteiger partial charge in [-0.1, -0.05) is 0 Å². The van der Waals surface area contributed by atoms with Gasteiger partial charge in [0.1, 0.15) is 17.3 Å². The standard InChI is InChI=1S/C14H20FNO4/c1-17-8-19-10-6-11(15)13(14(16)4-3-5-14)12(7-10)20-9-18-2/h6-7H,3-5,8-9,16H2,1-2H3. The van der Waals surface area contributed by atoms with E-state index in [2.05, 4.69) is 0 Å². The predicted molar refractivity (Wildman–Crippen MR) is 71.1 cm³/mol. The largest absolute Gasteiger partial charge is 0.467 e. The fraction of sp³-hybridized carbons (Fsp3) is 0.571. The fourth-order valence-electron chi connectivity index (χ4n) is 2.30. The normalized spacial score (nSPS) is 16.6. The van der Waals surface area contributed by atoms with E-state index in [0.29, 0.717) is 17.1 Å². The lowest BCUT2D eigenvalue weighted by Crippen LogP contribution is -2.44. The number of benzene rings is 1. The van der Waals surface area contributed by atoms with Crippen LogP contribution < -0.4 is 15.2 Å². The van der Waals surface area contributed by atoms with Gasteiger partial charge in [0.15, 0.2) is 13.6 Å². The van der Waals surface area contributed by atoms with E-state index in [-0.39, 0.29) is 13.6 Å². The van der Waals surface area contributed by atoms with Crippen LogP contribution in [0.25, 0.3) is 0 Å². The van der Waals surface area contributed by atoms with Crippen molar-refractivity contribution < 1.29 is 23.3 Å². The zero-order valence-corrected chi connectivity index (χ0v) is 11.8. The maximum atomic E-state index is 14.4. The summed E-state index contributed by atoms with van der Waals surface area (Å²) in [4.78, 5) is 0. The van der Waals surface area contributed by atoms with Crippen LogP contribution in [0.2, 0.25) is 0 Å². The van der Waals surface area contributed by atoms with E-state index in [1.807, 2.05) is 0 Å². The molecule has 0 unspecified atom stereocenters. The van der Waals surface area contributed by atoms with E-state index < -0.39 is 11.4 Å². The molecule has 1 aromatic carbocycles. The molecule has 0 saturated heterocycles. The smallest absolute Gasteiger partial charge is 0.188 e. The number of nitrogens with two attached hydrogens (primary N) is 1. The van der Waals surface area contributed by atoms with Crippen LogP contribution in [0.3, 0.4) is 0 Å². The predicted octanol–water partition coefficient (Wildman–Crippen LogP) is 2.13. The maximum absolute atomic E-state index is 14.4. The Balaban J connectivity index is 2.32. The molecule has 0 radical (unpaired) electrons. The highest BCUT2D eigenvalue weighted by molar-refractivity contribution is 5.46. The Morgan fingerprint density at radius 2 is 1.80 bits per heavy atom. The minimum Gasteiger partial charge on any atom is -0.467 e. The summed E-state index contributed by atoms with van der Waals surface area (Å²) >= 11 is 0. The van der Waals surface area contributed by atoms with Crippen LogP contribution in [-0.4, -0.2) is 27.8 Å². The molecule has 1 aliphatic carbocycles. The van der Waals surface area contributed by atoms with Crippen molar-refractivity contribution in [2.45, 2.75) is 24.8 Å². The number of ether oxygens (including phenoxy) is 4. The van der Waals surface area contributed by atoms with Gasteiger partial charge in [-0.25, -0.2) is 4.39 Å². The second kappa shape index (κ2) is 6.39. The highest BCUT2D eigenvalue weighted by Gasteiger charge is 2.39. The second-order valence-corrected chi connectivity index (χ2v) is 4.89. The number of methoxy groups -OCH3 is 2. The SMILES string of the molecule is COCOc1cc(F)c(C2(N)CCC2)c(OCOC)c1. The zero-order chi connectivity index (χ0) is 14.6. The maximum Gasteiger partial charge on any atom is 0.188 e. The highest BCUT2D eigenvalue weighted by atomic mass is 19.1. The Hall–Kier alpha value is -1.37. The molecule has 1 aromatic rings. The Morgan fingerprint density at radius 3 is 2.35 bits per heavy atom. The van der Waals surface area contributed by atoms with Crippen molar-refractivity contribution in [3.05, 3.63) is 23.5 Å². The molecule has 2 rings (SSSR count). The molecular formula is C14H20FNO4. The monoisotopic (exact) mass is 285 g/mol. The third-order valence-corrected chi connectivity index (χ3v) is 3.45. The summed E-state index contributed by atoms with van der Waals surface area (Å²) in [5, 5.41) is 0. The molecule has 0 aromatic heterocycles. The lowest BCUT2D eigenvalue weighted by Gasteiger charge is -2.39. The Labute approximate surface area is 117 Å². The number of hydrogen-bond donors (Lipinski definition) is 1. The van der Waals surface area contributed by atoms with Crippen LogP contribution in [-0.2, 0) is 15.0 Å². The van der Waals surface area contributed by atoms with Gasteiger partial charge in [-0.2, -0.15) is 0 Å². The van der Waals surface area contributed by atoms with Gasteiger partial charge in [0.25, 0.3) is 0 Å². The lowest BCUT2D eigenvalue weighted by molar-refractivity contribution is 0.0435. The van der Waals surface area contributed by atoms with Crippen LogP contribution in [0.5, 0.6) is 11.5 Å². The van der Waals surface area contributed by atoms with Gasteiger partial charge >= 0.3 is 0 Å². The molecule has 1 aliphatic rings. The minimum atomic E-state index is -0.660. The fourth-order valence-corrected chi connectivity index (χ4v) is 2.30. The summed E-state index contributed by atoms with van der Waals surface area (Å²) in [6.45, 7) is 0.0620. The van der Waals surface area contributed by atoms with Gasteiger partial charge in [-0.3, -0.25) is 0 Å². The molecule has 1 saturated carbocycles. The van der Waals surface area contributed by atoms with Crippen molar-refractivity contribution in [2.75, 3.05) is 27.8 Å². The topological polar surface area (TPSA) is 62.9 Å². The van der Waals surface area contributed by atoms with Crippen molar-refractivity contribution >= 4 is 0 Å². The molecule has 0 heterocycles. The van der Waals surface area contributed by atoms with Crippen molar-refractivity contribution in [1.82, 2.24) is 0 Å². The van der Waals surface area contributed by atoms with Gasteiger partial charge in [-0.15, -0.1) is 0 Å². The summed E-state index contributed by atoms with van der Waals surface area (Å²) < 4.78 is 34.7. The van der Waals surface area contributed by atoms with Gasteiger partial charge in [-0.05, 0) is 19.3 Å². The van der Waals surface area contributed by atoms with Crippen molar-refractivity contribution in [1.29, 1.82) is 0 Å². The molecule has 5 nitrogen and oxygen atoms in total. The van der Waals surface area contributed by atoms with Gasteiger partial charge in [0.2, 0.25) is 0 Å². The first-order chi connectivity index (χ1) is 9.60. The molecule has 112 valence electrons. The summed E-state index contributed by atoms with van der Waals surface area (Å²) in [5.74, 6) is 0.272. The summed E-state index contributed by atoms with van der Waals surface area (Å²) in [6, 6.07) is 2.92. The minimum absolute atomic E-state index is 0.0241. The Kier molecular flexibility index (Phi) is 4.80. The summed E-state index contributed by atoms with van der Waals surface area (Å²) in [5.41, 5.74) is 5.96. The van der Waals surface area contributed by atoms with Crippen molar-refractivity contribution in [3.8, 4) is 11.5 Å². The van der Waals surface area contributed by atoms with E-state index in [1.54, 1.807) is 6.07 Å². The van der Waals surface area contributed by atoms with Crippen LogP contribution in [0, 0.1) is 5.82 Å². The summed E-state index contributed by atoms with van der Waals surface area (Å²) in [7, 11) is 3.00. The third kappa shape index (κ3) is 3.03. The van der Waals surface area contributed by atoms with Gasteiger partial charge < -0.3 is 24.7 Å². The zero-order valence-electron chi connectivity index (χ0n) is 11.8. The first kappa shape index (κ1) is 15.0. The van der Waals surface area contributed by atoms with Crippen molar-refractivity contribution in [2.24, 2.45) is 5.73 Å². The van der Waals surface area contributed by atoms with Gasteiger partial charge in [0.05, 0.1) is 5.56 Å². The van der Waals surface area contributed by atoms with E-state index >= 15 is 0 Å². The molecule has 2 N–H and O–H groups in total. The summed E-state index contributed by atoms with van der Waals surface area (Å²) in [6.07, 6.45) is 2.47. The molecule has 0 aliphatic heterocycles. The highest BCUT2D eigenvalue weighted by Crippen LogP contribution is 2.45. The molecular weight excluding hydrogens is 265 g/mol. The molecule has 0 spiro atoms. The second-order valence-electron chi connectivity index (χ2n) is 4.89. The van der Waals surface area contributed by atoms with Crippen LogP contribution in [0.1, 0.15) is 24.8 Å². The lowest BCUT2D eigenvalue weighted by atomic mass is 9.72. The Morgan fingerprint density at radius 1 is 1.15 bits per heavy atom.